The smallest absolute Gasteiger partial charge is 0.101 e. The zero-order valence-electron chi connectivity index (χ0n) is 6.63. The number of nitrogens with zero attached hydrogens (tertiary/aromatic N) is 2. The molecule has 0 heterocycles. The van der Waals surface area contributed by atoms with Crippen molar-refractivity contribution in [1.29, 1.82) is 0 Å². The summed E-state index contributed by atoms with van der Waals surface area (Å²) in [4.78, 5) is 8.18. The normalized spacial score (nSPS) is 12.1. The van der Waals surface area contributed by atoms with Crippen LogP contribution in [-0.2, 0) is 4.84 Å². The molecule has 0 saturated carbocycles. The molecule has 0 bridgehead atoms. The third kappa shape index (κ3) is 5.68. The highest BCUT2D eigenvalue weighted by molar-refractivity contribution is 5.22. The van der Waals surface area contributed by atoms with Crippen molar-refractivity contribution in [2.45, 2.75) is 26.4 Å². The molecule has 0 rings (SSSR count). The molecule has 0 aromatic heterocycles. The topological polar surface area (TPSA) is 47.9 Å². The SMILES string of the molecule is C=NCN([O-])OC(C)(C)C. The van der Waals surface area contributed by atoms with E-state index in [0.717, 1.165) is 0 Å². The van der Waals surface area contributed by atoms with Gasteiger partial charge in [0.2, 0.25) is 0 Å². The van der Waals surface area contributed by atoms with Gasteiger partial charge in [-0.15, -0.1) is 0 Å². The van der Waals surface area contributed by atoms with Crippen LogP contribution >= 0.6 is 0 Å². The maximum Gasteiger partial charge on any atom is 0.101 e. The van der Waals surface area contributed by atoms with Crippen LogP contribution in [0.2, 0.25) is 0 Å². The van der Waals surface area contributed by atoms with Gasteiger partial charge in [0.05, 0.1) is 5.60 Å². The molecule has 0 atom stereocenters. The highest BCUT2D eigenvalue weighted by Crippen LogP contribution is 2.08. The molecular weight excluding hydrogens is 132 g/mol. The standard InChI is InChI=1S/C6H13N2O2/c1-6(2,3)10-8(9)5-7-4/h4-5H2,1-3H3/q-1. The van der Waals surface area contributed by atoms with E-state index in [4.69, 9.17) is 4.84 Å². The Kier molecular flexibility index (Phi) is 3.49. The van der Waals surface area contributed by atoms with Crippen molar-refractivity contribution in [3.8, 4) is 0 Å². The molecule has 0 fully saturated rings. The van der Waals surface area contributed by atoms with Crippen LogP contribution < -0.4 is 0 Å². The van der Waals surface area contributed by atoms with Gasteiger partial charge >= 0.3 is 0 Å². The molecular formula is C6H13N2O2-. The summed E-state index contributed by atoms with van der Waals surface area (Å²) in [6.07, 6.45) is 0. The van der Waals surface area contributed by atoms with Crippen LogP contribution in [0.5, 0.6) is 0 Å². The van der Waals surface area contributed by atoms with E-state index in [0.29, 0.717) is 5.23 Å². The molecule has 0 aromatic rings. The van der Waals surface area contributed by atoms with Gasteiger partial charge in [-0.2, -0.15) is 0 Å². The molecule has 0 N–H and O–H groups in total. The Morgan fingerprint density at radius 3 is 2.40 bits per heavy atom. The molecule has 0 unspecified atom stereocenters. The van der Waals surface area contributed by atoms with Crippen molar-refractivity contribution in [3.05, 3.63) is 5.21 Å². The Hall–Kier alpha value is -0.450. The minimum atomic E-state index is -0.452. The molecule has 60 valence electrons. The van der Waals surface area contributed by atoms with Crippen molar-refractivity contribution >= 4 is 6.72 Å². The summed E-state index contributed by atoms with van der Waals surface area (Å²) in [6, 6.07) is 0. The highest BCUT2D eigenvalue weighted by Gasteiger charge is 2.10. The molecule has 0 amide bonds. The maximum atomic E-state index is 10.6. The lowest BCUT2D eigenvalue weighted by atomic mass is 10.2. The van der Waals surface area contributed by atoms with Crippen LogP contribution in [0.1, 0.15) is 20.8 Å². The van der Waals surface area contributed by atoms with Crippen LogP contribution in [0.3, 0.4) is 0 Å². The van der Waals surface area contributed by atoms with Gasteiger partial charge in [-0.1, -0.05) is 0 Å². The predicted molar refractivity (Wildman–Crippen MR) is 40.5 cm³/mol. The van der Waals surface area contributed by atoms with Crippen molar-refractivity contribution < 1.29 is 4.84 Å². The predicted octanol–water partition coefficient (Wildman–Crippen LogP) is 1.17. The maximum absolute atomic E-state index is 10.6. The average Bonchev–Trinajstić information content (AvgIpc) is 1.59. The fraction of sp³-hybridized carbons (Fsp3) is 0.833. The van der Waals surface area contributed by atoms with Gasteiger partial charge in [0, 0.05) is 0 Å². The summed E-state index contributed by atoms with van der Waals surface area (Å²) in [7, 11) is 0. The van der Waals surface area contributed by atoms with E-state index in [1.807, 2.05) is 0 Å². The largest absolute Gasteiger partial charge is 0.761 e. The van der Waals surface area contributed by atoms with Gasteiger partial charge in [0.25, 0.3) is 0 Å². The summed E-state index contributed by atoms with van der Waals surface area (Å²) in [5.74, 6) is 0. The molecule has 10 heavy (non-hydrogen) atoms. The Balaban J connectivity index is 3.56. The van der Waals surface area contributed by atoms with Crippen LogP contribution in [-0.4, -0.2) is 24.2 Å². The molecule has 0 aliphatic heterocycles. The van der Waals surface area contributed by atoms with Gasteiger partial charge in [-0.25, -0.2) is 5.23 Å². The molecule has 0 radical (unpaired) electrons. The van der Waals surface area contributed by atoms with Gasteiger partial charge in [-0.3, -0.25) is 4.99 Å². The van der Waals surface area contributed by atoms with E-state index in [9.17, 15) is 5.21 Å². The molecule has 0 aromatic carbocycles. The summed E-state index contributed by atoms with van der Waals surface area (Å²) in [6.45, 7) is 8.49. The fourth-order valence-corrected chi connectivity index (χ4v) is 0.416. The zero-order chi connectivity index (χ0) is 8.20. The Bertz CT molecular complexity index is 109. The van der Waals surface area contributed by atoms with Crippen LogP contribution in [0, 0.1) is 5.21 Å². The van der Waals surface area contributed by atoms with Crippen molar-refractivity contribution in [1.82, 2.24) is 5.23 Å². The quantitative estimate of drug-likeness (QED) is 0.442. The van der Waals surface area contributed by atoms with E-state index in [-0.39, 0.29) is 6.67 Å². The number of rotatable bonds is 3. The first-order valence-corrected chi connectivity index (χ1v) is 3.02. The highest BCUT2D eigenvalue weighted by atomic mass is 16.9. The molecule has 0 spiro atoms. The first-order valence-electron chi connectivity index (χ1n) is 3.02. The number of hydrogen-bond donors (Lipinski definition) is 0. The number of aliphatic imine (C=N–C) groups is 1. The molecule has 0 aliphatic rings. The van der Waals surface area contributed by atoms with Gasteiger partial charge < -0.3 is 10.0 Å². The molecule has 4 nitrogen and oxygen atoms in total. The molecule has 0 aliphatic carbocycles. The summed E-state index contributed by atoms with van der Waals surface area (Å²) >= 11 is 0. The van der Waals surface area contributed by atoms with E-state index in [2.05, 4.69) is 11.7 Å². The van der Waals surface area contributed by atoms with Gasteiger partial charge in [0.15, 0.2) is 0 Å². The van der Waals surface area contributed by atoms with Gasteiger partial charge in [-0.05, 0) is 27.5 Å². The monoisotopic (exact) mass is 145 g/mol. The third-order valence-corrected chi connectivity index (χ3v) is 0.591. The Morgan fingerprint density at radius 2 is 2.10 bits per heavy atom. The second-order valence-corrected chi connectivity index (χ2v) is 2.90. The average molecular weight is 145 g/mol. The minimum Gasteiger partial charge on any atom is -0.761 e. The number of hydroxylamine groups is 2. The zero-order valence-corrected chi connectivity index (χ0v) is 6.63. The second kappa shape index (κ2) is 3.65. The van der Waals surface area contributed by atoms with E-state index in [1.54, 1.807) is 20.8 Å². The summed E-state index contributed by atoms with van der Waals surface area (Å²) in [5.41, 5.74) is -0.452. The minimum absolute atomic E-state index is 0.0444. The summed E-state index contributed by atoms with van der Waals surface area (Å²) < 4.78 is 0. The van der Waals surface area contributed by atoms with Crippen molar-refractivity contribution in [2.75, 3.05) is 6.67 Å². The fourth-order valence-electron chi connectivity index (χ4n) is 0.416. The Labute approximate surface area is 61.0 Å². The van der Waals surface area contributed by atoms with E-state index >= 15 is 0 Å². The van der Waals surface area contributed by atoms with Crippen LogP contribution in [0.25, 0.3) is 0 Å². The molecule has 0 saturated heterocycles. The van der Waals surface area contributed by atoms with Crippen molar-refractivity contribution in [3.63, 3.8) is 0 Å². The lowest BCUT2D eigenvalue weighted by Gasteiger charge is -2.32. The first kappa shape index (κ1) is 9.55. The van der Waals surface area contributed by atoms with E-state index < -0.39 is 5.60 Å². The van der Waals surface area contributed by atoms with Crippen LogP contribution in [0.15, 0.2) is 4.99 Å². The lowest BCUT2D eigenvalue weighted by molar-refractivity contribution is -0.197. The second-order valence-electron chi connectivity index (χ2n) is 2.90. The van der Waals surface area contributed by atoms with E-state index in [1.165, 1.54) is 0 Å². The van der Waals surface area contributed by atoms with Gasteiger partial charge in [0.1, 0.15) is 6.67 Å². The first-order chi connectivity index (χ1) is 4.45. The Morgan fingerprint density at radius 1 is 1.60 bits per heavy atom. The summed E-state index contributed by atoms with van der Waals surface area (Å²) in [5, 5.41) is 11.0. The third-order valence-electron chi connectivity index (χ3n) is 0.591. The lowest BCUT2D eigenvalue weighted by Crippen LogP contribution is -2.29. The van der Waals surface area contributed by atoms with Crippen molar-refractivity contribution in [2.24, 2.45) is 4.99 Å². The molecule has 4 heteroatoms. The van der Waals surface area contributed by atoms with Crippen LogP contribution in [0.4, 0.5) is 0 Å². The number of hydrogen-bond acceptors (Lipinski definition) is 4.